The molecule has 4 aromatic carbocycles. The first kappa shape index (κ1) is 26.7. The Balaban J connectivity index is 0.00000300. The molecule has 2 aliphatic heterocycles. The molecule has 4 N–H and O–H groups in total. The van der Waals surface area contributed by atoms with Crippen molar-refractivity contribution in [3.8, 4) is 68.5 Å². The minimum Gasteiger partial charge on any atom is -0.504 e. The minimum atomic E-state index is -0.361. The molecule has 0 unspecified atom stereocenters. The van der Waals surface area contributed by atoms with Gasteiger partial charge in [0.05, 0.1) is 23.3 Å². The van der Waals surface area contributed by atoms with E-state index in [-0.39, 0.29) is 65.4 Å². The van der Waals surface area contributed by atoms with E-state index < -0.39 is 0 Å². The predicted molar refractivity (Wildman–Crippen MR) is 161 cm³/mol. The Morgan fingerprint density at radius 3 is 1.13 bits per heavy atom. The molecule has 5 heterocycles. The van der Waals surface area contributed by atoms with Crippen molar-refractivity contribution < 1.29 is 39.9 Å². The summed E-state index contributed by atoms with van der Waals surface area (Å²) in [4.78, 5) is 38.0. The Bertz CT molecular complexity index is 2580. The smallest absolute Gasteiger partial charge is 0.504 e. The van der Waals surface area contributed by atoms with Gasteiger partial charge in [0.15, 0.2) is 23.0 Å². The van der Waals surface area contributed by atoms with Crippen molar-refractivity contribution in [3.05, 3.63) is 72.8 Å². The van der Waals surface area contributed by atoms with Crippen molar-refractivity contribution in [2.75, 3.05) is 0 Å². The Labute approximate surface area is 264 Å². The first-order chi connectivity index (χ1) is 21.4. The van der Waals surface area contributed by atoms with Gasteiger partial charge >= 0.3 is 19.5 Å². The van der Waals surface area contributed by atoms with Crippen LogP contribution in [0, 0.1) is 0 Å². The summed E-state index contributed by atoms with van der Waals surface area (Å²) in [5.74, 6) is -0.306. The van der Waals surface area contributed by atoms with Crippen LogP contribution in [0.1, 0.15) is 0 Å². The number of benzene rings is 4. The molecule has 8 bridgehead atoms. The number of phenols is 4. The van der Waals surface area contributed by atoms with E-state index in [0.29, 0.717) is 44.8 Å². The van der Waals surface area contributed by atoms with Gasteiger partial charge in [-0.15, -0.1) is 0 Å². The Morgan fingerprint density at radius 2 is 0.711 bits per heavy atom. The molecule has 7 aromatic rings. The molecule has 0 amide bonds. The van der Waals surface area contributed by atoms with Crippen molar-refractivity contribution in [1.29, 1.82) is 0 Å². The fourth-order valence-corrected chi connectivity index (χ4v) is 5.61. The summed E-state index contributed by atoms with van der Waals surface area (Å²) >= 11 is 0. The first-order valence-electron chi connectivity index (χ1n) is 13.4. The van der Waals surface area contributed by atoms with Gasteiger partial charge in [-0.1, -0.05) is 48.5 Å². The van der Waals surface area contributed by atoms with Crippen molar-refractivity contribution in [1.82, 2.24) is 39.9 Å². The molecule has 9 rings (SSSR count). The van der Waals surface area contributed by atoms with Crippen LogP contribution in [0.3, 0.4) is 0 Å². The second-order valence-electron chi connectivity index (χ2n) is 10.3. The van der Waals surface area contributed by atoms with E-state index in [1.54, 1.807) is 0 Å². The fourth-order valence-electron chi connectivity index (χ4n) is 5.61. The van der Waals surface area contributed by atoms with Gasteiger partial charge in [-0.3, -0.25) is 0 Å². The number of aromatic hydroxyl groups is 4. The topological polar surface area (TPSA) is 186 Å². The maximum Gasteiger partial charge on any atom is 2.00 e. The molecule has 45 heavy (non-hydrogen) atoms. The van der Waals surface area contributed by atoms with Gasteiger partial charge in [0.2, 0.25) is 0 Å². The zero-order chi connectivity index (χ0) is 29.7. The fraction of sp³-hybridized carbons (Fsp3) is 0. The van der Waals surface area contributed by atoms with Crippen molar-refractivity contribution in [2.45, 2.75) is 0 Å². The third kappa shape index (κ3) is 3.94. The number of hydrogen-bond donors (Lipinski definition) is 4. The van der Waals surface area contributed by atoms with Gasteiger partial charge < -0.3 is 50.3 Å². The van der Waals surface area contributed by atoms with Crippen LogP contribution in [0.2, 0.25) is 0 Å². The Kier molecular flexibility index (Phi) is 5.65. The molecule has 12 nitrogen and oxygen atoms in total. The van der Waals surface area contributed by atoms with Gasteiger partial charge in [-0.2, -0.15) is 0 Å². The van der Waals surface area contributed by atoms with E-state index in [1.165, 1.54) is 24.3 Å². The van der Waals surface area contributed by atoms with Crippen LogP contribution in [0.25, 0.3) is 89.7 Å². The normalized spacial score (nSPS) is 11.7. The molecule has 0 aliphatic carbocycles. The first-order valence-corrected chi connectivity index (χ1v) is 13.4. The number of phenolic OH excluding ortho intramolecular Hbond substituents is 4. The average molecular weight is 642 g/mol. The van der Waals surface area contributed by atoms with E-state index in [1.807, 2.05) is 48.5 Å². The monoisotopic (exact) mass is 640 g/mol. The van der Waals surface area contributed by atoms with Crippen LogP contribution >= 0.6 is 0 Å². The molecule has 0 atom stereocenters. The quantitative estimate of drug-likeness (QED) is 0.129. The maximum atomic E-state index is 10.4. The standard InChI is InChI=1S/C32H16N8O4.Zn/c41-21-9-17-19(11-23(21)43)31-38-29(17)36-27-15-7-3-1-5-13(15)25(34-27)33-26-14-6-2-4-8-16(14)28(35-26)37-30-18-10-22(42)24(44)12-20(18)32(39-30)40-31;/h1-12H,(H4-2,33,34,35,36,37,38,39,40,41,42,43,44);/q-2;+2. The number of aromatic nitrogens is 8. The van der Waals surface area contributed by atoms with Gasteiger partial charge in [-0.25, -0.2) is 9.97 Å². The molecule has 0 saturated heterocycles. The Morgan fingerprint density at radius 1 is 0.378 bits per heavy atom. The van der Waals surface area contributed by atoms with Crippen LogP contribution in [0.15, 0.2) is 72.8 Å². The molecule has 0 radical (unpaired) electrons. The van der Waals surface area contributed by atoms with Gasteiger partial charge in [0.25, 0.3) is 0 Å². The van der Waals surface area contributed by atoms with E-state index in [9.17, 15) is 20.4 Å². The van der Waals surface area contributed by atoms with E-state index >= 15 is 0 Å². The van der Waals surface area contributed by atoms with Crippen molar-refractivity contribution in [2.24, 2.45) is 0 Å². The zero-order valence-electron chi connectivity index (χ0n) is 23.0. The second-order valence-corrected chi connectivity index (χ2v) is 10.3. The summed E-state index contributed by atoms with van der Waals surface area (Å²) in [6.45, 7) is 0. The summed E-state index contributed by atoms with van der Waals surface area (Å²) < 4.78 is 0. The van der Waals surface area contributed by atoms with Gasteiger partial charge in [-0.05, 0) is 45.8 Å². The summed E-state index contributed by atoms with van der Waals surface area (Å²) in [5, 5.41) is 43.8. The summed E-state index contributed by atoms with van der Waals surface area (Å²) in [6.07, 6.45) is 0. The minimum absolute atomic E-state index is 0. The van der Waals surface area contributed by atoms with E-state index in [2.05, 4.69) is 9.97 Å². The molecule has 3 aromatic heterocycles. The van der Waals surface area contributed by atoms with Crippen LogP contribution in [-0.2, 0) is 19.5 Å². The molecule has 13 heteroatoms. The SMILES string of the molecule is Oc1cc2c(cc1O)-c1nc-2nc2[n-]c(nc3nc(nc4[n-]c(n1)c1cc(O)c(O)cc41)-c1ccccc1-3)c1ccccc21.[Zn+2]. The van der Waals surface area contributed by atoms with E-state index in [0.717, 1.165) is 21.9 Å². The predicted octanol–water partition coefficient (Wildman–Crippen LogP) is 4.95. The largest absolute Gasteiger partial charge is 2.00 e. The van der Waals surface area contributed by atoms with Crippen LogP contribution in [0.4, 0.5) is 0 Å². The summed E-state index contributed by atoms with van der Waals surface area (Å²) in [5.41, 5.74) is 3.42. The van der Waals surface area contributed by atoms with Crippen molar-refractivity contribution >= 4 is 44.1 Å². The van der Waals surface area contributed by atoms with Crippen LogP contribution < -0.4 is 9.97 Å². The average Bonchev–Trinajstić information content (AvgIpc) is 3.73. The third-order valence-corrected chi connectivity index (χ3v) is 7.71. The molecule has 210 valence electrons. The summed E-state index contributed by atoms with van der Waals surface area (Å²) in [6, 6.07) is 20.5. The molecule has 0 spiro atoms. The third-order valence-electron chi connectivity index (χ3n) is 7.71. The van der Waals surface area contributed by atoms with E-state index in [4.69, 9.17) is 29.9 Å². The zero-order valence-corrected chi connectivity index (χ0v) is 26.0. The van der Waals surface area contributed by atoms with Gasteiger partial charge in [0.1, 0.15) is 0 Å². The molecular weight excluding hydrogens is 626 g/mol. The maximum absolute atomic E-state index is 10.4. The second kappa shape index (κ2) is 9.53. The number of hydrogen-bond acceptors (Lipinski definition) is 10. The van der Waals surface area contributed by atoms with Crippen LogP contribution in [-0.4, -0.2) is 50.3 Å². The number of nitrogens with zero attached hydrogens (tertiary/aromatic N) is 8. The van der Waals surface area contributed by atoms with Gasteiger partial charge in [0, 0.05) is 44.8 Å². The Hall–Kier alpha value is -5.94. The van der Waals surface area contributed by atoms with Crippen LogP contribution in [0.5, 0.6) is 23.0 Å². The molecular formula is C32H16N8O4Zn. The summed E-state index contributed by atoms with van der Waals surface area (Å²) in [7, 11) is 0. The number of rotatable bonds is 0. The molecule has 0 saturated carbocycles. The molecule has 0 fully saturated rings. The molecule has 2 aliphatic rings. The van der Waals surface area contributed by atoms with Crippen molar-refractivity contribution in [3.63, 3.8) is 0 Å². The number of fused-ring (bicyclic) bond motifs is 20.